The van der Waals surface area contributed by atoms with Gasteiger partial charge in [0.2, 0.25) is 0 Å². The van der Waals surface area contributed by atoms with E-state index in [1.807, 2.05) is 0 Å². The molecule has 94 valence electrons. The quantitative estimate of drug-likeness (QED) is 0.753. The number of hydrogen-bond acceptors (Lipinski definition) is 5. The molecule has 1 aromatic carbocycles. The number of ether oxygens (including phenoxy) is 1. The summed E-state index contributed by atoms with van der Waals surface area (Å²) in [7, 11) is 1.19. The van der Waals surface area contributed by atoms with Crippen molar-refractivity contribution in [1.82, 2.24) is 4.57 Å². The van der Waals surface area contributed by atoms with Crippen LogP contribution in [0.2, 0.25) is 5.02 Å². The number of benzene rings is 1. The maximum absolute atomic E-state index is 11.6. The number of rotatable bonds is 2. The Kier molecular flexibility index (Phi) is 3.20. The number of aromatic nitrogens is 1. The first kappa shape index (κ1) is 12.4. The molecule has 0 atom stereocenters. The molecule has 1 heterocycles. The van der Waals surface area contributed by atoms with E-state index in [1.165, 1.54) is 19.2 Å². The van der Waals surface area contributed by atoms with Crippen LogP contribution in [0.3, 0.4) is 0 Å². The van der Waals surface area contributed by atoms with Gasteiger partial charge in [-0.05, 0) is 12.1 Å². The number of esters is 1. The first-order valence-electron chi connectivity index (χ1n) is 4.93. The van der Waals surface area contributed by atoms with Crippen LogP contribution in [0.4, 0.5) is 0 Å². The Morgan fingerprint density at radius 3 is 2.83 bits per heavy atom. The van der Waals surface area contributed by atoms with Gasteiger partial charge in [0.25, 0.3) is 0 Å². The Labute approximate surface area is 105 Å². The van der Waals surface area contributed by atoms with Gasteiger partial charge in [-0.2, -0.15) is 0 Å². The first-order chi connectivity index (χ1) is 8.54. The summed E-state index contributed by atoms with van der Waals surface area (Å²) >= 11 is 5.94. The molecule has 0 N–H and O–H groups in total. The third kappa shape index (κ3) is 2.02. The molecule has 7 heteroatoms. The molecule has 0 aliphatic heterocycles. The summed E-state index contributed by atoms with van der Waals surface area (Å²) in [6.45, 7) is -0.376. The fraction of sp³-hybridized carbons (Fsp3) is 0.182. The number of methoxy groups -OCH3 is 1. The predicted octanol–water partition coefficient (Wildman–Crippen LogP) is 0.781. The van der Waals surface area contributed by atoms with Crippen molar-refractivity contribution in [2.24, 2.45) is 0 Å². The third-order valence-corrected chi connectivity index (χ3v) is 2.70. The molecule has 0 radical (unpaired) electrons. The summed E-state index contributed by atoms with van der Waals surface area (Å²) in [6, 6.07) is 4.52. The highest BCUT2D eigenvalue weighted by atomic mass is 35.5. The van der Waals surface area contributed by atoms with E-state index in [-0.39, 0.29) is 22.5 Å². The fourth-order valence-electron chi connectivity index (χ4n) is 1.57. The van der Waals surface area contributed by atoms with Gasteiger partial charge in [0, 0.05) is 0 Å². The molecule has 0 unspecified atom stereocenters. The normalized spacial score (nSPS) is 10.6. The lowest BCUT2D eigenvalue weighted by molar-refractivity contribution is -0.141. The lowest BCUT2D eigenvalue weighted by atomic mass is 10.2. The molecule has 6 nitrogen and oxygen atoms in total. The van der Waals surface area contributed by atoms with Gasteiger partial charge in [-0.15, -0.1) is 0 Å². The van der Waals surface area contributed by atoms with Crippen LogP contribution in [0, 0.1) is 0 Å². The smallest absolute Gasteiger partial charge is 0.422 e. The molecule has 0 amide bonds. The highest BCUT2D eigenvalue weighted by Gasteiger charge is 2.14. The van der Waals surface area contributed by atoms with Crippen molar-refractivity contribution in [3.8, 4) is 0 Å². The van der Waals surface area contributed by atoms with Gasteiger partial charge < -0.3 is 9.15 Å². The summed E-state index contributed by atoms with van der Waals surface area (Å²) in [5.41, 5.74) is -0.635. The summed E-state index contributed by atoms with van der Waals surface area (Å²) < 4.78 is 9.94. The van der Waals surface area contributed by atoms with Gasteiger partial charge in [0.15, 0.2) is 0 Å². The van der Waals surface area contributed by atoms with Crippen LogP contribution in [0.1, 0.15) is 0 Å². The Balaban J connectivity index is 2.83. The zero-order valence-electron chi connectivity index (χ0n) is 9.31. The van der Waals surface area contributed by atoms with Crippen molar-refractivity contribution in [2.75, 3.05) is 7.11 Å². The van der Waals surface area contributed by atoms with E-state index in [0.717, 1.165) is 4.57 Å². The van der Waals surface area contributed by atoms with Crippen molar-refractivity contribution < 1.29 is 13.9 Å². The molecule has 0 bridgehead atoms. The largest absolute Gasteiger partial charge is 0.468 e. The van der Waals surface area contributed by atoms with Crippen LogP contribution in [-0.2, 0) is 16.1 Å². The summed E-state index contributed by atoms with van der Waals surface area (Å²) in [4.78, 5) is 34.3. The van der Waals surface area contributed by atoms with E-state index in [4.69, 9.17) is 11.6 Å². The zero-order chi connectivity index (χ0) is 13.3. The van der Waals surface area contributed by atoms with E-state index < -0.39 is 17.4 Å². The zero-order valence-corrected chi connectivity index (χ0v) is 10.1. The summed E-state index contributed by atoms with van der Waals surface area (Å²) in [5.74, 6) is -1.60. The molecule has 2 aromatic rings. The maximum Gasteiger partial charge on any atom is 0.422 e. The van der Waals surface area contributed by atoms with Crippen molar-refractivity contribution in [3.05, 3.63) is 44.2 Å². The Morgan fingerprint density at radius 1 is 1.44 bits per heavy atom. The third-order valence-electron chi connectivity index (χ3n) is 2.39. The van der Waals surface area contributed by atoms with E-state index in [2.05, 4.69) is 9.15 Å². The van der Waals surface area contributed by atoms with Gasteiger partial charge >= 0.3 is 17.4 Å². The predicted molar refractivity (Wildman–Crippen MR) is 63.8 cm³/mol. The number of hydrogen-bond donors (Lipinski definition) is 0. The highest BCUT2D eigenvalue weighted by Crippen LogP contribution is 2.19. The first-order valence-corrected chi connectivity index (χ1v) is 5.31. The highest BCUT2D eigenvalue weighted by molar-refractivity contribution is 6.35. The van der Waals surface area contributed by atoms with Crippen LogP contribution >= 0.6 is 11.6 Å². The van der Waals surface area contributed by atoms with Crippen molar-refractivity contribution >= 4 is 28.5 Å². The van der Waals surface area contributed by atoms with E-state index in [1.54, 1.807) is 6.07 Å². The minimum Gasteiger partial charge on any atom is -0.468 e. The maximum atomic E-state index is 11.6. The molecule has 0 fully saturated rings. The van der Waals surface area contributed by atoms with Crippen LogP contribution in [0.15, 0.2) is 32.2 Å². The standard InChI is InChI=1S/C11H8ClNO5/c1-17-8(14)5-13-9-6(3-2-4-7(9)12)10(15)18-11(13)16/h2-4H,5H2,1H3. The number of carbonyl (C=O) groups is 1. The van der Waals surface area contributed by atoms with Gasteiger partial charge in [0.05, 0.1) is 23.0 Å². The van der Waals surface area contributed by atoms with Gasteiger partial charge in [-0.1, -0.05) is 17.7 Å². The van der Waals surface area contributed by atoms with Gasteiger partial charge in [-0.25, -0.2) is 9.59 Å². The Morgan fingerprint density at radius 2 is 2.17 bits per heavy atom. The number of carbonyl (C=O) groups excluding carboxylic acids is 1. The van der Waals surface area contributed by atoms with Gasteiger partial charge in [0.1, 0.15) is 6.54 Å². The van der Waals surface area contributed by atoms with Crippen molar-refractivity contribution in [3.63, 3.8) is 0 Å². The average molecular weight is 270 g/mol. The van der Waals surface area contributed by atoms with E-state index >= 15 is 0 Å². The Hall–Kier alpha value is -2.08. The molecule has 18 heavy (non-hydrogen) atoms. The van der Waals surface area contributed by atoms with Crippen molar-refractivity contribution in [1.29, 1.82) is 0 Å². The van der Waals surface area contributed by atoms with Crippen LogP contribution < -0.4 is 11.4 Å². The molecule has 0 aliphatic carbocycles. The number of halogens is 1. The average Bonchev–Trinajstić information content (AvgIpc) is 2.34. The molecular formula is C11H8ClNO5. The molecule has 0 spiro atoms. The Bertz CT molecular complexity index is 730. The minimum atomic E-state index is -0.953. The summed E-state index contributed by atoms with van der Waals surface area (Å²) in [5, 5.41) is 0.312. The summed E-state index contributed by atoms with van der Waals surface area (Å²) in [6.07, 6.45) is 0. The molecule has 1 aromatic heterocycles. The lowest BCUT2D eigenvalue weighted by Crippen LogP contribution is -2.28. The second-order valence-corrected chi connectivity index (χ2v) is 3.86. The van der Waals surface area contributed by atoms with Crippen molar-refractivity contribution in [2.45, 2.75) is 6.54 Å². The molecule has 2 rings (SSSR count). The molecule has 0 saturated carbocycles. The molecular weight excluding hydrogens is 262 g/mol. The van der Waals surface area contributed by atoms with E-state index in [9.17, 15) is 14.4 Å². The molecule has 0 aliphatic rings. The minimum absolute atomic E-state index is 0.131. The SMILES string of the molecule is COC(=O)Cn1c(=O)oc(=O)c2cccc(Cl)c21. The number of fused-ring (bicyclic) bond motifs is 1. The fourth-order valence-corrected chi connectivity index (χ4v) is 1.85. The van der Waals surface area contributed by atoms with Crippen LogP contribution in [0.5, 0.6) is 0 Å². The second kappa shape index (κ2) is 4.66. The van der Waals surface area contributed by atoms with E-state index in [0.29, 0.717) is 0 Å². The topological polar surface area (TPSA) is 78.5 Å². The van der Waals surface area contributed by atoms with Crippen LogP contribution in [-0.4, -0.2) is 17.6 Å². The van der Waals surface area contributed by atoms with Gasteiger partial charge in [-0.3, -0.25) is 9.36 Å². The lowest BCUT2D eigenvalue weighted by Gasteiger charge is -2.08. The number of nitrogens with zero attached hydrogens (tertiary/aromatic N) is 1. The monoisotopic (exact) mass is 269 g/mol. The van der Waals surface area contributed by atoms with Crippen LogP contribution in [0.25, 0.3) is 10.9 Å². The number of para-hydroxylation sites is 1. The second-order valence-electron chi connectivity index (χ2n) is 3.45. The molecule has 0 saturated heterocycles.